The summed E-state index contributed by atoms with van der Waals surface area (Å²) in [6.45, 7) is 1.95. The zero-order valence-electron chi connectivity index (χ0n) is 18.5. The number of aromatic amines is 1. The number of hydrogen-bond donors (Lipinski definition) is 3. The summed E-state index contributed by atoms with van der Waals surface area (Å²) >= 11 is 1.50. The van der Waals surface area contributed by atoms with Crippen LogP contribution in [0, 0.1) is 6.92 Å². The number of H-pyrrole nitrogens is 1. The van der Waals surface area contributed by atoms with E-state index in [9.17, 15) is 8.42 Å². The number of sulfonamides is 1. The number of nitrogen functional groups attached to an aromatic ring is 1. The van der Waals surface area contributed by atoms with Gasteiger partial charge in [-0.25, -0.2) is 18.4 Å². The van der Waals surface area contributed by atoms with Crippen molar-refractivity contribution in [2.24, 2.45) is 0 Å². The largest absolute Gasteiger partial charge is 0.383 e. The fourth-order valence-electron chi connectivity index (χ4n) is 5.21. The summed E-state index contributed by atoms with van der Waals surface area (Å²) in [5.74, 6) is 0.879. The first-order valence-corrected chi connectivity index (χ1v) is 13.5. The highest BCUT2D eigenvalue weighted by Gasteiger charge is 2.47. The minimum Gasteiger partial charge on any atom is -0.383 e. The Bertz CT molecular complexity index is 1450. The van der Waals surface area contributed by atoms with Gasteiger partial charge in [0.25, 0.3) is 10.0 Å². The second-order valence-corrected chi connectivity index (χ2v) is 11.5. The van der Waals surface area contributed by atoms with E-state index in [2.05, 4.69) is 25.5 Å². The number of aromatic nitrogens is 5. The minimum absolute atomic E-state index is 0.0676. The van der Waals surface area contributed by atoms with Crippen LogP contribution in [0.2, 0.25) is 0 Å². The molecule has 2 unspecified atom stereocenters. The summed E-state index contributed by atoms with van der Waals surface area (Å²) in [6.07, 6.45) is 4.57. The van der Waals surface area contributed by atoms with Crippen molar-refractivity contribution in [1.82, 2.24) is 29.5 Å². The number of thiophene rings is 1. The molecule has 2 aliphatic rings. The average molecular weight is 497 g/mol. The maximum Gasteiger partial charge on any atom is 0.261 e. The van der Waals surface area contributed by atoms with Gasteiger partial charge in [0.15, 0.2) is 5.03 Å². The van der Waals surface area contributed by atoms with Crippen LogP contribution in [0.4, 0.5) is 11.8 Å². The maximum atomic E-state index is 13.2. The third-order valence-corrected chi connectivity index (χ3v) is 9.42. The molecule has 4 aromatic heterocycles. The van der Waals surface area contributed by atoms with Gasteiger partial charge < -0.3 is 11.1 Å². The molecule has 2 bridgehead atoms. The molecule has 2 atom stereocenters. The fourth-order valence-corrected chi connectivity index (χ4v) is 7.98. The number of hydrogen-bond acceptors (Lipinski definition) is 9. The number of aryl methyl sites for hydroxylation is 1. The van der Waals surface area contributed by atoms with Gasteiger partial charge >= 0.3 is 0 Å². The molecule has 0 amide bonds. The third-order valence-electron chi connectivity index (χ3n) is 6.62. The Labute approximate surface area is 200 Å². The van der Waals surface area contributed by atoms with Crippen LogP contribution >= 0.6 is 11.3 Å². The van der Waals surface area contributed by atoms with Crippen molar-refractivity contribution >= 4 is 43.3 Å². The van der Waals surface area contributed by atoms with E-state index in [0.717, 1.165) is 40.0 Å². The van der Waals surface area contributed by atoms with Gasteiger partial charge in [0.2, 0.25) is 5.95 Å². The van der Waals surface area contributed by atoms with Crippen molar-refractivity contribution in [2.45, 2.75) is 55.8 Å². The van der Waals surface area contributed by atoms with Crippen molar-refractivity contribution in [3.8, 4) is 11.3 Å². The Kier molecular flexibility index (Phi) is 5.04. The van der Waals surface area contributed by atoms with Crippen molar-refractivity contribution in [1.29, 1.82) is 0 Å². The summed E-state index contributed by atoms with van der Waals surface area (Å²) in [6, 6.07) is 6.88. The van der Waals surface area contributed by atoms with Gasteiger partial charge in [0, 0.05) is 41.0 Å². The summed E-state index contributed by atoms with van der Waals surface area (Å²) in [5, 5.41) is 13.6. The van der Waals surface area contributed by atoms with E-state index in [0.29, 0.717) is 24.6 Å². The molecule has 10 nitrogen and oxygen atoms in total. The van der Waals surface area contributed by atoms with Crippen LogP contribution in [0.1, 0.15) is 31.4 Å². The SMILES string of the molecule is Cc1cc(-c2csc3nc(NC4CC5CCC(C4)N5S(=O)(=O)c4ccccn4)nc(N)c23)n[nH]1. The highest BCUT2D eigenvalue weighted by molar-refractivity contribution is 7.89. The monoisotopic (exact) mass is 496 g/mol. The number of nitrogens with two attached hydrogens (primary N) is 1. The second kappa shape index (κ2) is 8.00. The molecule has 2 aliphatic heterocycles. The lowest BCUT2D eigenvalue weighted by atomic mass is 10.00. The van der Waals surface area contributed by atoms with E-state index in [4.69, 9.17) is 10.7 Å². The van der Waals surface area contributed by atoms with Crippen LogP contribution in [0.5, 0.6) is 0 Å². The standard InChI is InChI=1S/C22H24N8O2S2/c1-12-8-17(29-28-12)16-11-33-21-19(16)20(23)26-22(27-21)25-13-9-14-5-6-15(10-13)30(14)34(31,32)18-4-2-3-7-24-18/h2-4,7-8,11,13-15H,5-6,9-10H2,1H3,(H,28,29)(H3,23,25,26,27). The van der Waals surface area contributed by atoms with Crippen molar-refractivity contribution in [3.63, 3.8) is 0 Å². The van der Waals surface area contributed by atoms with Crippen LogP contribution in [0.25, 0.3) is 21.5 Å². The van der Waals surface area contributed by atoms with Crippen molar-refractivity contribution < 1.29 is 8.42 Å². The van der Waals surface area contributed by atoms with Gasteiger partial charge in [-0.1, -0.05) is 6.07 Å². The van der Waals surface area contributed by atoms with E-state index in [1.165, 1.54) is 17.5 Å². The molecular formula is C22H24N8O2S2. The van der Waals surface area contributed by atoms with Crippen LogP contribution in [0.15, 0.2) is 40.9 Å². The van der Waals surface area contributed by atoms with Crippen LogP contribution in [0.3, 0.4) is 0 Å². The number of nitrogens with one attached hydrogen (secondary N) is 2. The molecule has 4 N–H and O–H groups in total. The van der Waals surface area contributed by atoms with Crippen LogP contribution in [-0.2, 0) is 10.0 Å². The summed E-state index contributed by atoms with van der Waals surface area (Å²) < 4.78 is 28.1. The predicted molar refractivity (Wildman–Crippen MR) is 131 cm³/mol. The predicted octanol–water partition coefficient (Wildman–Crippen LogP) is 3.16. The molecule has 0 saturated carbocycles. The first kappa shape index (κ1) is 21.4. The smallest absolute Gasteiger partial charge is 0.261 e. The maximum absolute atomic E-state index is 13.2. The van der Waals surface area contributed by atoms with Gasteiger partial charge in [0.05, 0.1) is 11.1 Å². The Hall–Kier alpha value is -3.09. The van der Waals surface area contributed by atoms with Crippen LogP contribution < -0.4 is 11.1 Å². The molecule has 0 aromatic carbocycles. The molecular weight excluding hydrogens is 472 g/mol. The van der Waals surface area contributed by atoms with Gasteiger partial charge in [0.1, 0.15) is 10.6 Å². The first-order valence-electron chi connectivity index (χ1n) is 11.2. The minimum atomic E-state index is -3.62. The van der Waals surface area contributed by atoms with Gasteiger partial charge in [-0.05, 0) is 50.8 Å². The molecule has 6 heterocycles. The molecule has 0 aliphatic carbocycles. The molecule has 2 fully saturated rings. The molecule has 6 rings (SSSR count). The second-order valence-electron chi connectivity index (χ2n) is 8.90. The molecule has 2 saturated heterocycles. The fraction of sp³-hybridized carbons (Fsp3) is 0.364. The molecule has 176 valence electrons. The highest BCUT2D eigenvalue weighted by atomic mass is 32.2. The molecule has 12 heteroatoms. The number of fused-ring (bicyclic) bond motifs is 3. The van der Waals surface area contributed by atoms with E-state index in [1.54, 1.807) is 22.5 Å². The Morgan fingerprint density at radius 3 is 2.68 bits per heavy atom. The van der Waals surface area contributed by atoms with E-state index in [1.807, 2.05) is 18.4 Å². The normalized spacial score (nSPS) is 22.9. The zero-order valence-corrected chi connectivity index (χ0v) is 20.1. The Balaban J connectivity index is 1.23. The number of nitrogens with zero attached hydrogens (tertiary/aromatic N) is 5. The summed E-state index contributed by atoms with van der Waals surface area (Å²) in [7, 11) is -3.62. The quantitative estimate of drug-likeness (QED) is 0.382. The number of anilines is 2. The lowest BCUT2D eigenvalue weighted by molar-refractivity contribution is 0.234. The summed E-state index contributed by atoms with van der Waals surface area (Å²) in [4.78, 5) is 14.1. The molecule has 0 radical (unpaired) electrons. The Morgan fingerprint density at radius 1 is 1.21 bits per heavy atom. The van der Waals surface area contributed by atoms with Crippen LogP contribution in [-0.4, -0.2) is 56.0 Å². The third kappa shape index (κ3) is 3.53. The van der Waals surface area contributed by atoms with Gasteiger partial charge in [-0.15, -0.1) is 11.3 Å². The Morgan fingerprint density at radius 2 is 2.00 bits per heavy atom. The molecule has 34 heavy (non-hydrogen) atoms. The van der Waals surface area contributed by atoms with E-state index in [-0.39, 0.29) is 23.2 Å². The van der Waals surface area contributed by atoms with Gasteiger partial charge in [-0.3, -0.25) is 5.10 Å². The number of pyridine rings is 1. The van der Waals surface area contributed by atoms with Crippen molar-refractivity contribution in [2.75, 3.05) is 11.1 Å². The lowest BCUT2D eigenvalue weighted by Crippen LogP contribution is -2.49. The lowest BCUT2D eigenvalue weighted by Gasteiger charge is -2.37. The average Bonchev–Trinajstić information content (AvgIpc) is 3.51. The number of rotatable bonds is 5. The summed E-state index contributed by atoms with van der Waals surface area (Å²) in [5.41, 5.74) is 9.05. The topological polar surface area (TPSA) is 143 Å². The molecule has 4 aromatic rings. The first-order chi connectivity index (χ1) is 16.4. The highest BCUT2D eigenvalue weighted by Crippen LogP contribution is 2.41. The number of piperidine rings is 1. The molecule has 0 spiro atoms. The zero-order chi connectivity index (χ0) is 23.4. The van der Waals surface area contributed by atoms with Crippen molar-refractivity contribution in [3.05, 3.63) is 41.5 Å². The van der Waals surface area contributed by atoms with Gasteiger partial charge in [-0.2, -0.15) is 14.4 Å². The van der Waals surface area contributed by atoms with E-state index < -0.39 is 10.0 Å². The van der Waals surface area contributed by atoms with E-state index >= 15 is 0 Å².